The summed E-state index contributed by atoms with van der Waals surface area (Å²) in [7, 11) is 0. The highest BCUT2D eigenvalue weighted by atomic mass is 127. The number of amides is 1. The third kappa shape index (κ3) is 4.83. The van der Waals surface area contributed by atoms with Crippen LogP contribution in [0.2, 0.25) is 0 Å². The Labute approximate surface area is 155 Å². The van der Waals surface area contributed by atoms with E-state index in [0.717, 1.165) is 20.4 Å². The van der Waals surface area contributed by atoms with Crippen molar-refractivity contribution >= 4 is 40.3 Å². The lowest BCUT2D eigenvalue weighted by atomic mass is 10.1. The molecule has 1 amide bonds. The quantitative estimate of drug-likeness (QED) is 0.429. The minimum Gasteiger partial charge on any atom is -0.494 e. The molecule has 2 aromatic rings. The molecular weight excluding hydrogens is 415 g/mol. The smallest absolute Gasteiger partial charge is 0.266 e. The number of carbonyl (C=O) groups is 1. The highest BCUT2D eigenvalue weighted by Gasteiger charge is 2.11. The van der Waals surface area contributed by atoms with E-state index in [-0.39, 0.29) is 5.57 Å². The van der Waals surface area contributed by atoms with Gasteiger partial charge in [-0.25, -0.2) is 0 Å². The number of rotatable bonds is 5. The molecule has 2 aromatic carbocycles. The number of halogens is 1. The molecule has 0 bridgehead atoms. The Morgan fingerprint density at radius 2 is 2.00 bits per heavy atom. The van der Waals surface area contributed by atoms with Crippen LogP contribution in [0.3, 0.4) is 0 Å². The molecule has 0 aromatic heterocycles. The average Bonchev–Trinajstić information content (AvgIpc) is 2.57. The Bertz CT molecular complexity index is 805. The van der Waals surface area contributed by atoms with Crippen LogP contribution in [0.25, 0.3) is 6.08 Å². The van der Waals surface area contributed by atoms with E-state index in [4.69, 9.17) is 4.74 Å². The molecular formula is C19H17IN2O2. The van der Waals surface area contributed by atoms with Crippen molar-refractivity contribution in [3.05, 3.63) is 62.7 Å². The summed E-state index contributed by atoms with van der Waals surface area (Å²) in [5, 5.41) is 12.1. The van der Waals surface area contributed by atoms with Gasteiger partial charge in [0.1, 0.15) is 17.4 Å². The summed E-state index contributed by atoms with van der Waals surface area (Å²) in [5.74, 6) is 0.336. The monoisotopic (exact) mass is 432 g/mol. The minimum atomic E-state index is -0.421. The van der Waals surface area contributed by atoms with Gasteiger partial charge in [0.2, 0.25) is 0 Å². The van der Waals surface area contributed by atoms with E-state index in [2.05, 4.69) is 27.9 Å². The predicted molar refractivity (Wildman–Crippen MR) is 104 cm³/mol. The van der Waals surface area contributed by atoms with Crippen LogP contribution in [0.4, 0.5) is 5.69 Å². The summed E-state index contributed by atoms with van der Waals surface area (Å²) in [5.41, 5.74) is 2.48. The third-order valence-electron chi connectivity index (χ3n) is 3.30. The molecule has 0 aliphatic rings. The van der Waals surface area contributed by atoms with Crippen LogP contribution in [0.15, 0.2) is 48.0 Å². The molecule has 24 heavy (non-hydrogen) atoms. The van der Waals surface area contributed by atoms with Gasteiger partial charge in [0.25, 0.3) is 5.91 Å². The number of nitrogens with zero attached hydrogens (tertiary/aromatic N) is 1. The van der Waals surface area contributed by atoms with Crippen LogP contribution >= 0.6 is 22.6 Å². The Kier molecular flexibility index (Phi) is 6.38. The first-order valence-corrected chi connectivity index (χ1v) is 8.53. The summed E-state index contributed by atoms with van der Waals surface area (Å²) in [6.07, 6.45) is 1.56. The zero-order valence-electron chi connectivity index (χ0n) is 13.5. The van der Waals surface area contributed by atoms with Crippen molar-refractivity contribution in [2.45, 2.75) is 13.8 Å². The van der Waals surface area contributed by atoms with Gasteiger partial charge in [0.05, 0.1) is 6.61 Å². The van der Waals surface area contributed by atoms with E-state index in [1.54, 1.807) is 6.08 Å². The zero-order chi connectivity index (χ0) is 17.5. The van der Waals surface area contributed by atoms with Crippen LogP contribution in [-0.4, -0.2) is 12.5 Å². The van der Waals surface area contributed by atoms with Gasteiger partial charge in [-0.05, 0) is 84.0 Å². The normalized spacial score (nSPS) is 10.8. The van der Waals surface area contributed by atoms with Gasteiger partial charge in [-0.1, -0.05) is 12.1 Å². The van der Waals surface area contributed by atoms with Gasteiger partial charge < -0.3 is 10.1 Å². The van der Waals surface area contributed by atoms with Crippen LogP contribution in [0.1, 0.15) is 18.1 Å². The number of hydrogen-bond donors (Lipinski definition) is 1. The van der Waals surface area contributed by atoms with Gasteiger partial charge in [-0.15, -0.1) is 0 Å². The lowest BCUT2D eigenvalue weighted by molar-refractivity contribution is -0.112. The molecule has 122 valence electrons. The summed E-state index contributed by atoms with van der Waals surface area (Å²) in [4.78, 5) is 12.3. The maximum atomic E-state index is 12.3. The first kappa shape index (κ1) is 18.0. The Hall–Kier alpha value is -2.33. The SMILES string of the molecule is CCOc1ccc(/C=C(\C#N)C(=O)Nc2ccc(I)cc2C)cc1. The van der Waals surface area contributed by atoms with Gasteiger partial charge in [0.15, 0.2) is 0 Å². The number of carbonyl (C=O) groups excluding carboxylic acids is 1. The number of nitriles is 1. The van der Waals surface area contributed by atoms with E-state index >= 15 is 0 Å². The van der Waals surface area contributed by atoms with Crippen LogP contribution in [0.5, 0.6) is 5.75 Å². The second kappa shape index (κ2) is 8.50. The molecule has 4 nitrogen and oxygen atoms in total. The number of anilines is 1. The number of hydrogen-bond acceptors (Lipinski definition) is 3. The average molecular weight is 432 g/mol. The third-order valence-corrected chi connectivity index (χ3v) is 3.97. The van der Waals surface area contributed by atoms with Gasteiger partial charge in [0, 0.05) is 9.26 Å². The van der Waals surface area contributed by atoms with Crippen molar-refractivity contribution in [3.63, 3.8) is 0 Å². The Morgan fingerprint density at radius 3 is 2.58 bits per heavy atom. The molecule has 0 fully saturated rings. The molecule has 0 spiro atoms. The van der Waals surface area contributed by atoms with E-state index in [1.807, 2.05) is 62.4 Å². The molecule has 2 rings (SSSR count). The maximum absolute atomic E-state index is 12.3. The molecule has 0 unspecified atom stereocenters. The highest BCUT2D eigenvalue weighted by molar-refractivity contribution is 14.1. The van der Waals surface area contributed by atoms with Gasteiger partial charge in [-0.3, -0.25) is 4.79 Å². The van der Waals surface area contributed by atoms with Crippen molar-refractivity contribution < 1.29 is 9.53 Å². The molecule has 5 heteroatoms. The summed E-state index contributed by atoms with van der Waals surface area (Å²) >= 11 is 2.21. The largest absolute Gasteiger partial charge is 0.494 e. The lowest BCUT2D eigenvalue weighted by Gasteiger charge is -2.08. The molecule has 0 heterocycles. The van der Waals surface area contributed by atoms with Crippen molar-refractivity contribution in [2.24, 2.45) is 0 Å². The van der Waals surface area contributed by atoms with Crippen molar-refractivity contribution in [2.75, 3.05) is 11.9 Å². The first-order chi connectivity index (χ1) is 11.5. The van der Waals surface area contributed by atoms with E-state index in [0.29, 0.717) is 12.3 Å². The van der Waals surface area contributed by atoms with Gasteiger partial charge >= 0.3 is 0 Å². The highest BCUT2D eigenvalue weighted by Crippen LogP contribution is 2.19. The van der Waals surface area contributed by atoms with Crippen LogP contribution < -0.4 is 10.1 Å². The van der Waals surface area contributed by atoms with Crippen LogP contribution in [0, 0.1) is 21.8 Å². The molecule has 1 N–H and O–H groups in total. The fraction of sp³-hybridized carbons (Fsp3) is 0.158. The predicted octanol–water partition coefficient (Wildman–Crippen LogP) is 4.54. The Balaban J connectivity index is 2.17. The van der Waals surface area contributed by atoms with E-state index in [9.17, 15) is 10.1 Å². The minimum absolute atomic E-state index is 0.0529. The number of nitrogens with one attached hydrogen (secondary N) is 1. The second-order valence-electron chi connectivity index (χ2n) is 5.09. The molecule has 0 saturated carbocycles. The molecule has 0 atom stereocenters. The molecule has 0 radical (unpaired) electrons. The van der Waals surface area contributed by atoms with E-state index < -0.39 is 5.91 Å². The van der Waals surface area contributed by atoms with Crippen molar-refractivity contribution in [1.29, 1.82) is 5.26 Å². The molecule has 0 saturated heterocycles. The topological polar surface area (TPSA) is 62.1 Å². The Morgan fingerprint density at radius 1 is 1.29 bits per heavy atom. The van der Waals surface area contributed by atoms with Crippen molar-refractivity contribution in [3.8, 4) is 11.8 Å². The second-order valence-corrected chi connectivity index (χ2v) is 6.33. The first-order valence-electron chi connectivity index (χ1n) is 7.45. The van der Waals surface area contributed by atoms with E-state index in [1.165, 1.54) is 0 Å². The van der Waals surface area contributed by atoms with Crippen molar-refractivity contribution in [1.82, 2.24) is 0 Å². The summed E-state index contributed by atoms with van der Waals surface area (Å²) in [6, 6.07) is 14.9. The standard InChI is InChI=1S/C19H17IN2O2/c1-3-24-17-7-4-14(5-8-17)11-15(12-21)19(23)22-18-9-6-16(20)10-13(18)2/h4-11H,3H2,1-2H3,(H,22,23)/b15-11+. The summed E-state index contributed by atoms with van der Waals surface area (Å²) < 4.78 is 6.47. The fourth-order valence-electron chi connectivity index (χ4n) is 2.10. The number of aryl methyl sites for hydroxylation is 1. The fourth-order valence-corrected chi connectivity index (χ4v) is 2.75. The van der Waals surface area contributed by atoms with Gasteiger partial charge in [-0.2, -0.15) is 5.26 Å². The van der Waals surface area contributed by atoms with Crippen LogP contribution in [-0.2, 0) is 4.79 Å². The number of ether oxygens (including phenoxy) is 1. The summed E-state index contributed by atoms with van der Waals surface area (Å²) in [6.45, 7) is 4.43. The molecule has 0 aliphatic carbocycles. The molecule has 0 aliphatic heterocycles. The number of benzene rings is 2. The lowest BCUT2D eigenvalue weighted by Crippen LogP contribution is -2.14. The maximum Gasteiger partial charge on any atom is 0.266 e. The zero-order valence-corrected chi connectivity index (χ0v) is 15.6.